The van der Waals surface area contributed by atoms with Crippen molar-refractivity contribution in [3.63, 3.8) is 0 Å². The largest absolute Gasteiger partial charge is 0.485 e. The van der Waals surface area contributed by atoms with Crippen molar-refractivity contribution in [1.29, 1.82) is 0 Å². The van der Waals surface area contributed by atoms with Gasteiger partial charge in [0.25, 0.3) is 0 Å². The number of benzene rings is 6. The first-order valence-electron chi connectivity index (χ1n) is 17.1. The molecule has 0 fully saturated rings. The monoisotopic (exact) mass is 675 g/mol. The van der Waals surface area contributed by atoms with Crippen LogP contribution in [0.2, 0.25) is 0 Å². The third-order valence-corrected chi connectivity index (χ3v) is 8.97. The number of rotatable bonds is 15. The van der Waals surface area contributed by atoms with E-state index in [1.165, 1.54) is 7.11 Å². The summed E-state index contributed by atoms with van der Waals surface area (Å²) in [6.07, 6.45) is 0.254. The molecule has 6 aromatic carbocycles. The van der Waals surface area contributed by atoms with Gasteiger partial charge in [-0.1, -0.05) is 158 Å². The van der Waals surface area contributed by atoms with Crippen molar-refractivity contribution >= 4 is 11.9 Å². The summed E-state index contributed by atoms with van der Waals surface area (Å²) in [7, 11) is 1.33. The second kappa shape index (κ2) is 17.0. The first-order chi connectivity index (χ1) is 25.0. The molecule has 0 radical (unpaired) electrons. The SMILES string of the molecule is COC(=O)[C@@H](Cc1ccc(OCc2ccccc2)c(OCc2ccccc2)c1)NC(=O)CC(c1ccccc1)(c1ccccc1)c1ccccc1. The molecular weight excluding hydrogens is 634 g/mol. The van der Waals surface area contributed by atoms with Gasteiger partial charge in [0, 0.05) is 12.8 Å². The lowest BCUT2D eigenvalue weighted by atomic mass is 9.67. The number of esters is 1. The summed E-state index contributed by atoms with van der Waals surface area (Å²) >= 11 is 0. The van der Waals surface area contributed by atoms with Crippen molar-refractivity contribution in [3.8, 4) is 11.5 Å². The van der Waals surface area contributed by atoms with E-state index in [4.69, 9.17) is 14.2 Å². The van der Waals surface area contributed by atoms with Crippen LogP contribution in [0.1, 0.15) is 39.8 Å². The lowest BCUT2D eigenvalue weighted by Crippen LogP contribution is -2.46. The molecule has 1 amide bonds. The van der Waals surface area contributed by atoms with Crippen LogP contribution in [0.3, 0.4) is 0 Å². The highest BCUT2D eigenvalue weighted by Crippen LogP contribution is 2.42. The molecule has 0 bridgehead atoms. The van der Waals surface area contributed by atoms with Gasteiger partial charge in [-0.3, -0.25) is 4.79 Å². The number of amides is 1. The molecule has 0 unspecified atom stereocenters. The molecular formula is C45H41NO5. The van der Waals surface area contributed by atoms with Crippen LogP contribution < -0.4 is 14.8 Å². The Labute approximate surface area is 299 Å². The summed E-state index contributed by atoms with van der Waals surface area (Å²) in [5.74, 6) is 0.295. The maximum absolute atomic E-state index is 14.2. The maximum Gasteiger partial charge on any atom is 0.328 e. The van der Waals surface area contributed by atoms with E-state index in [1.807, 2.05) is 170 Å². The zero-order chi connectivity index (χ0) is 35.3. The normalized spacial score (nSPS) is 11.6. The Morgan fingerprint density at radius 3 is 1.43 bits per heavy atom. The van der Waals surface area contributed by atoms with Crippen LogP contribution in [0.4, 0.5) is 0 Å². The van der Waals surface area contributed by atoms with Crippen LogP contribution >= 0.6 is 0 Å². The van der Waals surface area contributed by atoms with Crippen molar-refractivity contribution in [3.05, 3.63) is 203 Å². The van der Waals surface area contributed by atoms with Crippen molar-refractivity contribution < 1.29 is 23.8 Å². The first kappa shape index (κ1) is 34.7. The third kappa shape index (κ3) is 8.72. The molecule has 51 heavy (non-hydrogen) atoms. The van der Waals surface area contributed by atoms with Gasteiger partial charge in [-0.15, -0.1) is 0 Å². The average Bonchev–Trinajstić information content (AvgIpc) is 3.20. The van der Waals surface area contributed by atoms with E-state index in [0.29, 0.717) is 24.7 Å². The number of nitrogens with one attached hydrogen (secondary N) is 1. The minimum Gasteiger partial charge on any atom is -0.485 e. The summed E-state index contributed by atoms with van der Waals surface area (Å²) in [5.41, 5.74) is 4.92. The number of carbonyl (C=O) groups is 2. The number of hydrogen-bond donors (Lipinski definition) is 1. The van der Waals surface area contributed by atoms with Crippen molar-refractivity contribution in [2.75, 3.05) is 7.11 Å². The zero-order valence-corrected chi connectivity index (χ0v) is 28.6. The van der Waals surface area contributed by atoms with E-state index in [9.17, 15) is 9.59 Å². The number of methoxy groups -OCH3 is 1. The standard InChI is InChI=1S/C45H41NO5/c1-49-44(48)40(29-36-27-28-41(50-32-34-17-7-2-8-18-34)42(30-36)51-33-35-19-9-3-10-20-35)46-43(47)31-45(37-21-11-4-12-22-37,38-23-13-5-14-24-38)39-25-15-6-16-26-39/h2-28,30,40H,29,31-33H2,1H3,(H,46,47)/t40-/m1/s1. The topological polar surface area (TPSA) is 73.9 Å². The van der Waals surface area contributed by atoms with Crippen molar-refractivity contribution in [1.82, 2.24) is 5.32 Å². The van der Waals surface area contributed by atoms with Gasteiger partial charge >= 0.3 is 5.97 Å². The fourth-order valence-corrected chi connectivity index (χ4v) is 6.41. The lowest BCUT2D eigenvalue weighted by Gasteiger charge is -2.36. The maximum atomic E-state index is 14.2. The Bertz CT molecular complexity index is 1890. The van der Waals surface area contributed by atoms with Gasteiger partial charge in [0.15, 0.2) is 11.5 Å². The first-order valence-corrected chi connectivity index (χ1v) is 17.1. The van der Waals surface area contributed by atoms with Crippen LogP contribution in [0, 0.1) is 0 Å². The highest BCUT2D eigenvalue weighted by Gasteiger charge is 2.39. The Balaban J connectivity index is 1.28. The molecule has 0 aliphatic heterocycles. The molecule has 0 saturated heterocycles. The molecule has 0 aliphatic carbocycles. The summed E-state index contributed by atoms with van der Waals surface area (Å²) in [5, 5.41) is 3.03. The van der Waals surface area contributed by atoms with Gasteiger partial charge in [-0.25, -0.2) is 4.79 Å². The van der Waals surface area contributed by atoms with Crippen LogP contribution in [0.15, 0.2) is 170 Å². The lowest BCUT2D eigenvalue weighted by molar-refractivity contribution is -0.145. The van der Waals surface area contributed by atoms with Crippen LogP contribution in [-0.4, -0.2) is 25.0 Å². The molecule has 256 valence electrons. The molecule has 0 aromatic heterocycles. The van der Waals surface area contributed by atoms with E-state index in [-0.39, 0.29) is 18.7 Å². The predicted molar refractivity (Wildman–Crippen MR) is 199 cm³/mol. The number of carbonyl (C=O) groups excluding carboxylic acids is 2. The average molecular weight is 676 g/mol. The molecule has 0 heterocycles. The highest BCUT2D eigenvalue weighted by molar-refractivity contribution is 5.86. The van der Waals surface area contributed by atoms with Crippen LogP contribution in [0.5, 0.6) is 11.5 Å². The quantitative estimate of drug-likeness (QED) is 0.0874. The van der Waals surface area contributed by atoms with E-state index in [0.717, 1.165) is 33.4 Å². The Morgan fingerprint density at radius 1 is 0.549 bits per heavy atom. The minimum absolute atomic E-state index is 0.0657. The highest BCUT2D eigenvalue weighted by atomic mass is 16.5. The predicted octanol–water partition coefficient (Wildman–Crippen LogP) is 8.47. The van der Waals surface area contributed by atoms with Crippen LogP contribution in [0.25, 0.3) is 0 Å². The van der Waals surface area contributed by atoms with Crippen molar-refractivity contribution in [2.24, 2.45) is 0 Å². The molecule has 0 aliphatic rings. The molecule has 0 saturated carbocycles. The van der Waals surface area contributed by atoms with E-state index in [1.54, 1.807) is 0 Å². The fraction of sp³-hybridized carbons (Fsp3) is 0.156. The van der Waals surface area contributed by atoms with E-state index < -0.39 is 17.4 Å². The van der Waals surface area contributed by atoms with Gasteiger partial charge in [0.1, 0.15) is 19.3 Å². The molecule has 6 heteroatoms. The van der Waals surface area contributed by atoms with Gasteiger partial charge in [0.05, 0.1) is 12.5 Å². The summed E-state index contributed by atoms with van der Waals surface area (Å²) in [6.45, 7) is 0.707. The summed E-state index contributed by atoms with van der Waals surface area (Å²) in [4.78, 5) is 27.5. The molecule has 6 aromatic rings. The van der Waals surface area contributed by atoms with Gasteiger partial charge < -0.3 is 19.5 Å². The van der Waals surface area contributed by atoms with Gasteiger partial charge in [0.2, 0.25) is 5.91 Å². The summed E-state index contributed by atoms with van der Waals surface area (Å²) < 4.78 is 17.7. The molecule has 6 rings (SSSR count). The molecule has 0 spiro atoms. The van der Waals surface area contributed by atoms with E-state index >= 15 is 0 Å². The van der Waals surface area contributed by atoms with Crippen LogP contribution in [-0.2, 0) is 39.4 Å². The summed E-state index contributed by atoms with van der Waals surface area (Å²) in [6, 6.07) is 54.5. The molecule has 6 nitrogen and oxygen atoms in total. The fourth-order valence-electron chi connectivity index (χ4n) is 6.41. The van der Waals surface area contributed by atoms with E-state index in [2.05, 4.69) is 5.32 Å². The minimum atomic E-state index is -0.944. The van der Waals surface area contributed by atoms with Gasteiger partial charge in [-0.2, -0.15) is 0 Å². The molecule has 1 N–H and O–H groups in total. The second-order valence-electron chi connectivity index (χ2n) is 12.4. The zero-order valence-electron chi connectivity index (χ0n) is 28.6. The number of hydrogen-bond acceptors (Lipinski definition) is 5. The Hall–Kier alpha value is -6.14. The number of ether oxygens (including phenoxy) is 3. The smallest absolute Gasteiger partial charge is 0.328 e. The third-order valence-electron chi connectivity index (χ3n) is 8.97. The second-order valence-corrected chi connectivity index (χ2v) is 12.4. The van der Waals surface area contributed by atoms with Crippen molar-refractivity contribution in [2.45, 2.75) is 37.5 Å². The Morgan fingerprint density at radius 2 is 0.980 bits per heavy atom. The Kier molecular flexibility index (Phi) is 11.6. The van der Waals surface area contributed by atoms with Gasteiger partial charge in [-0.05, 0) is 45.5 Å². The molecule has 1 atom stereocenters.